The lowest BCUT2D eigenvalue weighted by atomic mass is 10.1. The summed E-state index contributed by atoms with van der Waals surface area (Å²) in [6, 6.07) is 6.53. The largest absolute Gasteiger partial charge is 0.275 e. The molecule has 2 aromatic rings. The zero-order valence-electron chi connectivity index (χ0n) is 9.81. The van der Waals surface area contributed by atoms with E-state index in [1.165, 1.54) is 23.3 Å². The molecule has 19 heavy (non-hydrogen) atoms. The van der Waals surface area contributed by atoms with Crippen molar-refractivity contribution in [3.63, 3.8) is 0 Å². The van der Waals surface area contributed by atoms with Gasteiger partial charge in [0.15, 0.2) is 0 Å². The second-order valence-corrected chi connectivity index (χ2v) is 4.11. The van der Waals surface area contributed by atoms with Gasteiger partial charge in [-0.2, -0.15) is 0 Å². The second kappa shape index (κ2) is 4.16. The van der Waals surface area contributed by atoms with Crippen LogP contribution in [0.3, 0.4) is 0 Å². The van der Waals surface area contributed by atoms with Crippen LogP contribution < -0.4 is 0 Å². The number of nitrogens with zero attached hydrogens (tertiary/aromatic N) is 3. The van der Waals surface area contributed by atoms with Crippen LogP contribution in [0.5, 0.6) is 0 Å². The Morgan fingerprint density at radius 2 is 1.74 bits per heavy atom. The molecule has 3 rings (SSSR count). The Kier molecular flexibility index (Phi) is 2.49. The van der Waals surface area contributed by atoms with Gasteiger partial charge in [-0.05, 0) is 12.1 Å². The van der Waals surface area contributed by atoms with Gasteiger partial charge in [0, 0.05) is 12.4 Å². The summed E-state index contributed by atoms with van der Waals surface area (Å²) in [5, 5.41) is 0. The fraction of sp³-hybridized carbons (Fsp3) is 0.0769. The van der Waals surface area contributed by atoms with E-state index < -0.39 is 11.8 Å². The maximum Gasteiger partial charge on any atom is 0.262 e. The third-order valence-electron chi connectivity index (χ3n) is 2.96. The number of imide groups is 1. The predicted molar refractivity (Wildman–Crippen MR) is 64.7 cm³/mol. The number of benzene rings is 1. The van der Waals surface area contributed by atoms with E-state index in [1.807, 2.05) is 0 Å². The molecule has 0 N–H and O–H groups in total. The normalized spacial score (nSPS) is 13.8. The molecule has 0 radical (unpaired) electrons. The van der Waals surface area contributed by atoms with Crippen molar-refractivity contribution < 1.29 is 14.4 Å². The topological polar surface area (TPSA) is 72.3 Å². The van der Waals surface area contributed by atoms with Crippen LogP contribution in [0, 0.1) is 0 Å². The molecule has 0 aliphatic carbocycles. The van der Waals surface area contributed by atoms with E-state index in [2.05, 4.69) is 4.98 Å². The van der Waals surface area contributed by atoms with Crippen molar-refractivity contribution in [1.29, 1.82) is 0 Å². The van der Waals surface area contributed by atoms with Gasteiger partial charge in [-0.3, -0.25) is 23.9 Å². The van der Waals surface area contributed by atoms with E-state index in [1.54, 1.807) is 24.3 Å². The van der Waals surface area contributed by atoms with Gasteiger partial charge in [-0.25, -0.2) is 4.98 Å². The van der Waals surface area contributed by atoms with Gasteiger partial charge in [-0.15, -0.1) is 0 Å². The van der Waals surface area contributed by atoms with Crippen LogP contribution in [0.4, 0.5) is 0 Å². The third-order valence-corrected chi connectivity index (χ3v) is 2.96. The van der Waals surface area contributed by atoms with Gasteiger partial charge in [0.05, 0.1) is 11.1 Å². The SMILES string of the molecule is O=C1c2ccccc2C(=O)N1CC(=O)n1ccnc1. The van der Waals surface area contributed by atoms with Crippen molar-refractivity contribution >= 4 is 17.7 Å². The van der Waals surface area contributed by atoms with Crippen molar-refractivity contribution in [2.45, 2.75) is 0 Å². The van der Waals surface area contributed by atoms with E-state index in [0.29, 0.717) is 11.1 Å². The van der Waals surface area contributed by atoms with Gasteiger partial charge in [0.2, 0.25) is 0 Å². The summed E-state index contributed by atoms with van der Waals surface area (Å²) < 4.78 is 1.24. The molecule has 1 aliphatic heterocycles. The van der Waals surface area contributed by atoms with E-state index in [0.717, 1.165) is 4.90 Å². The Morgan fingerprint density at radius 1 is 1.11 bits per heavy atom. The summed E-state index contributed by atoms with van der Waals surface area (Å²) in [6.07, 6.45) is 4.27. The molecule has 1 aromatic carbocycles. The Labute approximate surface area is 108 Å². The quantitative estimate of drug-likeness (QED) is 0.745. The Morgan fingerprint density at radius 3 is 2.26 bits per heavy atom. The monoisotopic (exact) mass is 255 g/mol. The lowest BCUT2D eigenvalue weighted by Crippen LogP contribution is -2.36. The minimum Gasteiger partial charge on any atom is -0.275 e. The molecular formula is C13H9N3O3. The number of fused-ring (bicyclic) bond motifs is 1. The van der Waals surface area contributed by atoms with Crippen molar-refractivity contribution in [3.8, 4) is 0 Å². The van der Waals surface area contributed by atoms with Gasteiger partial charge >= 0.3 is 0 Å². The lowest BCUT2D eigenvalue weighted by Gasteiger charge is -2.12. The molecular weight excluding hydrogens is 246 g/mol. The van der Waals surface area contributed by atoms with Gasteiger partial charge in [0.25, 0.3) is 17.7 Å². The molecule has 6 nitrogen and oxygen atoms in total. The molecule has 0 fully saturated rings. The summed E-state index contributed by atoms with van der Waals surface area (Å²) in [6.45, 7) is -0.289. The van der Waals surface area contributed by atoms with Gasteiger partial charge in [-0.1, -0.05) is 12.1 Å². The number of hydrogen-bond acceptors (Lipinski definition) is 4. The number of imidazole rings is 1. The van der Waals surface area contributed by atoms with Crippen molar-refractivity contribution in [3.05, 3.63) is 54.1 Å². The molecule has 6 heteroatoms. The van der Waals surface area contributed by atoms with Gasteiger partial charge < -0.3 is 0 Å². The highest BCUT2D eigenvalue weighted by atomic mass is 16.2. The number of amides is 2. The Hall–Kier alpha value is -2.76. The summed E-state index contributed by atoms with van der Waals surface area (Å²) in [4.78, 5) is 40.7. The smallest absolute Gasteiger partial charge is 0.262 e. The van der Waals surface area contributed by atoms with Crippen LogP contribution in [-0.2, 0) is 0 Å². The highest BCUT2D eigenvalue weighted by Crippen LogP contribution is 2.22. The minimum absolute atomic E-state index is 0.289. The van der Waals surface area contributed by atoms with Crippen molar-refractivity contribution in [2.75, 3.05) is 6.54 Å². The minimum atomic E-state index is -0.436. The molecule has 0 saturated heterocycles. The van der Waals surface area contributed by atoms with Crippen LogP contribution >= 0.6 is 0 Å². The predicted octanol–water partition coefficient (Wildman–Crippen LogP) is 0.820. The van der Waals surface area contributed by atoms with Crippen LogP contribution in [0.1, 0.15) is 25.5 Å². The van der Waals surface area contributed by atoms with Crippen molar-refractivity contribution in [1.82, 2.24) is 14.5 Å². The average molecular weight is 255 g/mol. The number of aromatic nitrogens is 2. The number of carbonyl (C=O) groups excluding carboxylic acids is 3. The van der Waals surface area contributed by atoms with E-state index in [4.69, 9.17) is 0 Å². The first-order valence-electron chi connectivity index (χ1n) is 5.65. The third kappa shape index (κ3) is 1.74. The summed E-state index contributed by atoms with van der Waals surface area (Å²) >= 11 is 0. The molecule has 0 saturated carbocycles. The van der Waals surface area contributed by atoms with Crippen LogP contribution in [-0.4, -0.2) is 38.7 Å². The molecule has 94 valence electrons. The summed E-state index contributed by atoms with van der Waals surface area (Å²) in [5.41, 5.74) is 0.678. The van der Waals surface area contributed by atoms with E-state index in [-0.39, 0.29) is 12.5 Å². The fourth-order valence-electron chi connectivity index (χ4n) is 2.01. The maximum atomic E-state index is 12.0. The second-order valence-electron chi connectivity index (χ2n) is 4.11. The zero-order valence-corrected chi connectivity index (χ0v) is 9.81. The summed E-state index contributed by atoms with van der Waals surface area (Å²) in [7, 11) is 0. The van der Waals surface area contributed by atoms with Crippen LogP contribution in [0.25, 0.3) is 0 Å². The molecule has 2 heterocycles. The molecule has 0 bridgehead atoms. The molecule has 2 amide bonds. The standard InChI is InChI=1S/C13H9N3O3/c17-11(15-6-5-14-8-15)7-16-12(18)9-3-1-2-4-10(9)13(16)19/h1-6,8H,7H2. The molecule has 0 unspecified atom stereocenters. The van der Waals surface area contributed by atoms with Crippen molar-refractivity contribution in [2.24, 2.45) is 0 Å². The lowest BCUT2D eigenvalue weighted by molar-refractivity contribution is 0.0605. The molecule has 1 aliphatic rings. The first kappa shape index (κ1) is 11.3. The Bertz CT molecular complexity index is 641. The van der Waals surface area contributed by atoms with Crippen LogP contribution in [0.15, 0.2) is 43.0 Å². The van der Waals surface area contributed by atoms with Crippen LogP contribution in [0.2, 0.25) is 0 Å². The Balaban J connectivity index is 1.87. The molecule has 0 atom stereocenters. The fourth-order valence-corrected chi connectivity index (χ4v) is 2.01. The van der Waals surface area contributed by atoms with E-state index >= 15 is 0 Å². The first-order valence-corrected chi connectivity index (χ1v) is 5.65. The average Bonchev–Trinajstić information content (AvgIpc) is 3.03. The summed E-state index contributed by atoms with van der Waals surface area (Å²) in [5.74, 6) is -1.25. The highest BCUT2D eigenvalue weighted by molar-refractivity contribution is 6.22. The van der Waals surface area contributed by atoms with Gasteiger partial charge in [0.1, 0.15) is 12.9 Å². The number of hydrogen-bond donors (Lipinski definition) is 0. The number of carbonyl (C=O) groups is 3. The first-order chi connectivity index (χ1) is 9.18. The maximum absolute atomic E-state index is 12.0. The highest BCUT2D eigenvalue weighted by Gasteiger charge is 2.36. The molecule has 0 spiro atoms. The molecule has 1 aromatic heterocycles. The number of rotatable bonds is 2. The van der Waals surface area contributed by atoms with E-state index in [9.17, 15) is 14.4 Å². The zero-order chi connectivity index (χ0) is 13.4.